The number of fused-ring (bicyclic) bond motifs is 1. The lowest BCUT2D eigenvalue weighted by Gasteiger charge is -2.30. The van der Waals surface area contributed by atoms with Crippen LogP contribution in [0.1, 0.15) is 48.0 Å². The molecule has 0 bridgehead atoms. The summed E-state index contributed by atoms with van der Waals surface area (Å²) in [7, 11) is -20.0. The molecule has 3 rings (SSSR count). The fourth-order valence-electron chi connectivity index (χ4n) is 4.88. The van der Waals surface area contributed by atoms with Crippen molar-refractivity contribution in [3.63, 3.8) is 0 Å². The number of anilines is 1. The summed E-state index contributed by atoms with van der Waals surface area (Å²) >= 11 is 0. The number of nitrogens with zero attached hydrogens (tertiary/aromatic N) is 4. The van der Waals surface area contributed by atoms with Crippen LogP contribution in [0.4, 0.5) is 5.82 Å². The van der Waals surface area contributed by atoms with Gasteiger partial charge in [-0.3, -0.25) is 27.7 Å². The molecule has 0 aromatic carbocycles. The van der Waals surface area contributed by atoms with E-state index < -0.39 is 98.6 Å². The number of hydrogen-bond donors (Lipinski definition) is 9. The number of hydrogen-bond acceptors (Lipinski definition) is 18. The van der Waals surface area contributed by atoms with Crippen molar-refractivity contribution >= 4 is 62.1 Å². The molecule has 2 aromatic rings. The highest BCUT2D eigenvalue weighted by Crippen LogP contribution is 2.61. The summed E-state index contributed by atoms with van der Waals surface area (Å²) < 4.78 is 85.8. The summed E-state index contributed by atoms with van der Waals surface area (Å²) in [5.74, 6) is -1.97. The van der Waals surface area contributed by atoms with Crippen LogP contribution in [0.3, 0.4) is 0 Å². The predicted molar refractivity (Wildman–Crippen MR) is 188 cm³/mol. The molecular formula is C26H46N7O18P3S. The van der Waals surface area contributed by atoms with Crippen LogP contribution in [-0.2, 0) is 61.5 Å². The molecule has 7 unspecified atom stereocenters. The quantitative estimate of drug-likeness (QED) is 0.0748. The van der Waals surface area contributed by atoms with Gasteiger partial charge in [-0.05, 0) is 27.7 Å². The first-order chi connectivity index (χ1) is 24.9. The molecule has 1 aliphatic heterocycles. The average molecular weight is 870 g/mol. The van der Waals surface area contributed by atoms with E-state index >= 15 is 0 Å². The lowest BCUT2D eigenvalue weighted by atomic mass is 9.87. The Morgan fingerprint density at radius 3 is 2.25 bits per heavy atom. The smallest absolute Gasteiger partial charge is 0.385 e. The van der Waals surface area contributed by atoms with E-state index in [0.717, 1.165) is 17.2 Å². The fourth-order valence-corrected chi connectivity index (χ4v) is 8.69. The van der Waals surface area contributed by atoms with Crippen molar-refractivity contribution in [3.8, 4) is 0 Å². The number of aromatic nitrogens is 4. The minimum absolute atomic E-state index is 0.0108. The van der Waals surface area contributed by atoms with Gasteiger partial charge in [0.2, 0.25) is 11.8 Å². The van der Waals surface area contributed by atoms with E-state index in [1.807, 2.05) is 0 Å². The van der Waals surface area contributed by atoms with Gasteiger partial charge in [-0.1, -0.05) is 13.8 Å². The van der Waals surface area contributed by atoms with Crippen LogP contribution in [0.25, 0.3) is 11.2 Å². The zero-order valence-corrected chi connectivity index (χ0v) is 33.9. The lowest BCUT2D eigenvalue weighted by molar-refractivity contribution is -0.137. The Kier molecular flexibility index (Phi) is 14.6. The molecule has 10 N–H and O–H groups in total. The van der Waals surface area contributed by atoms with E-state index in [0.29, 0.717) is 0 Å². The highest BCUT2D eigenvalue weighted by atomic mass is 32.2. The maximum Gasteiger partial charge on any atom is 0.481 e. The van der Waals surface area contributed by atoms with Gasteiger partial charge in [0.15, 0.2) is 27.0 Å². The number of carbonyl (C=O) groups is 2. The van der Waals surface area contributed by atoms with Gasteiger partial charge < -0.3 is 50.9 Å². The van der Waals surface area contributed by atoms with Gasteiger partial charge in [0.25, 0.3) is 0 Å². The van der Waals surface area contributed by atoms with E-state index in [2.05, 4.69) is 29.9 Å². The molecule has 1 saturated heterocycles. The normalized spacial score (nSPS) is 23.9. The molecule has 0 saturated carbocycles. The fraction of sp³-hybridized carbons (Fsp3) is 0.731. The standard InChI is InChI=1S/C26H46N7O18P3S/c1-24(2,3)55(45,46)10-9-28-16(34)7-8-29-23(37)20(36)25(4,5)12-48-54(43,44)51-53(41,42)47-11-15-18(50-52(38,39)40)19(35)26(6,49-15)33-14-32-17-21(27)30-13-31-22(17)33/h13-15,18-20,35-36H,7-12H2,1-6H3,(H,28,34)(H,29,37)(H,41,42)(H,43,44)(H2,27,30,31)(H2,38,39,40). The number of aliphatic hydroxyl groups is 2. The molecule has 2 aromatic heterocycles. The Hall–Kier alpha value is -2.51. The Bertz CT molecular complexity index is 1970. The minimum atomic E-state index is -5.61. The molecule has 7 atom stereocenters. The third kappa shape index (κ3) is 12.2. The van der Waals surface area contributed by atoms with Crippen molar-refractivity contribution in [2.45, 2.75) is 82.9 Å². The van der Waals surface area contributed by atoms with Crippen LogP contribution in [-0.4, -0.2) is 131 Å². The number of nitrogens with one attached hydrogen (secondary N) is 2. The highest BCUT2D eigenvalue weighted by Gasteiger charge is 2.57. The topological polar surface area (TPSA) is 381 Å². The van der Waals surface area contributed by atoms with Crippen molar-refractivity contribution in [2.24, 2.45) is 5.41 Å². The van der Waals surface area contributed by atoms with E-state index in [9.17, 15) is 61.5 Å². The Morgan fingerprint density at radius 1 is 1.04 bits per heavy atom. The van der Waals surface area contributed by atoms with Crippen molar-refractivity contribution in [1.82, 2.24) is 30.2 Å². The summed E-state index contributed by atoms with van der Waals surface area (Å²) in [6, 6.07) is 0. The number of nitrogen functional groups attached to an aromatic ring is 1. The molecule has 25 nitrogen and oxygen atoms in total. The third-order valence-corrected chi connectivity index (χ3v) is 13.9. The molecule has 0 radical (unpaired) electrons. The van der Waals surface area contributed by atoms with E-state index in [1.54, 1.807) is 0 Å². The summed E-state index contributed by atoms with van der Waals surface area (Å²) in [4.78, 5) is 75.8. The molecule has 2 amide bonds. The number of ether oxygens (including phenoxy) is 1. The van der Waals surface area contributed by atoms with Crippen molar-refractivity contribution in [2.75, 3.05) is 37.8 Å². The van der Waals surface area contributed by atoms with Crippen molar-refractivity contribution in [1.29, 1.82) is 0 Å². The van der Waals surface area contributed by atoms with Gasteiger partial charge in [0.05, 0.1) is 30.0 Å². The first-order valence-electron chi connectivity index (χ1n) is 16.1. The SMILES string of the molecule is CC(C)(COP(=O)(O)OP(=O)(O)OCC1OC(C)(n2cnc3c(N)ncnc32)C(O)C1OP(=O)(O)O)C(O)C(=O)NCCC(=O)NCCS(=O)(=O)C(C)(C)C. The number of sulfone groups is 1. The first kappa shape index (κ1) is 46.9. The molecule has 55 heavy (non-hydrogen) atoms. The number of phosphoric acid groups is 3. The molecule has 1 fully saturated rings. The van der Waals surface area contributed by atoms with Crippen LogP contribution in [0.2, 0.25) is 0 Å². The molecular weight excluding hydrogens is 823 g/mol. The Labute approximate surface area is 314 Å². The monoisotopic (exact) mass is 869 g/mol. The van der Waals surface area contributed by atoms with E-state index in [-0.39, 0.29) is 42.2 Å². The second-order valence-corrected chi connectivity index (χ2v) is 21.2. The summed E-state index contributed by atoms with van der Waals surface area (Å²) in [6.45, 7) is 5.72. The minimum Gasteiger partial charge on any atom is -0.385 e. The van der Waals surface area contributed by atoms with Gasteiger partial charge in [0.1, 0.15) is 36.3 Å². The second-order valence-electron chi connectivity index (χ2n) is 14.1. The molecule has 3 heterocycles. The number of amides is 2. The summed E-state index contributed by atoms with van der Waals surface area (Å²) in [5.41, 5.74) is 2.24. The van der Waals surface area contributed by atoms with Crippen LogP contribution < -0.4 is 16.4 Å². The number of nitrogens with two attached hydrogens (primary N) is 1. The largest absolute Gasteiger partial charge is 0.481 e. The molecule has 29 heteroatoms. The maximum atomic E-state index is 12.7. The third-order valence-electron chi connectivity index (χ3n) is 8.19. The molecule has 1 aliphatic rings. The zero-order valence-electron chi connectivity index (χ0n) is 30.4. The van der Waals surface area contributed by atoms with Gasteiger partial charge in [0, 0.05) is 24.9 Å². The zero-order chi connectivity index (χ0) is 42.0. The van der Waals surface area contributed by atoms with Crippen LogP contribution in [0.5, 0.6) is 0 Å². The molecule has 0 spiro atoms. The lowest BCUT2D eigenvalue weighted by Crippen LogP contribution is -2.46. The van der Waals surface area contributed by atoms with Gasteiger partial charge in [-0.2, -0.15) is 4.31 Å². The Morgan fingerprint density at radius 2 is 1.65 bits per heavy atom. The number of carbonyl (C=O) groups excluding carboxylic acids is 2. The van der Waals surface area contributed by atoms with Crippen molar-refractivity contribution in [3.05, 3.63) is 12.7 Å². The first-order valence-corrected chi connectivity index (χ1v) is 22.2. The summed E-state index contributed by atoms with van der Waals surface area (Å²) in [5, 5.41) is 26.3. The van der Waals surface area contributed by atoms with E-state index in [1.165, 1.54) is 41.5 Å². The van der Waals surface area contributed by atoms with Gasteiger partial charge >= 0.3 is 23.5 Å². The Balaban J connectivity index is 1.57. The van der Waals surface area contributed by atoms with Crippen LogP contribution in [0.15, 0.2) is 12.7 Å². The molecule has 0 aliphatic carbocycles. The van der Waals surface area contributed by atoms with Gasteiger partial charge in [-0.15, -0.1) is 0 Å². The summed E-state index contributed by atoms with van der Waals surface area (Å²) in [6.07, 6.45) is -5.69. The molecule has 314 valence electrons. The number of aliphatic hydroxyl groups excluding tert-OH is 2. The van der Waals surface area contributed by atoms with E-state index in [4.69, 9.17) is 24.0 Å². The number of rotatable bonds is 19. The van der Waals surface area contributed by atoms with Crippen LogP contribution >= 0.6 is 23.5 Å². The predicted octanol–water partition coefficient (Wildman–Crippen LogP) is -1.21. The van der Waals surface area contributed by atoms with Crippen molar-refractivity contribution < 1.29 is 84.1 Å². The highest BCUT2D eigenvalue weighted by molar-refractivity contribution is 7.92. The van der Waals surface area contributed by atoms with Gasteiger partial charge in [-0.25, -0.2) is 37.1 Å². The maximum absolute atomic E-state index is 12.7. The second kappa shape index (κ2) is 17.1. The number of phosphoric ester groups is 3. The average Bonchev–Trinajstić information content (AvgIpc) is 3.57. The number of imidazole rings is 1. The van der Waals surface area contributed by atoms with Crippen LogP contribution in [0, 0.1) is 5.41 Å².